The molecule has 0 fully saturated rings. The quantitative estimate of drug-likeness (QED) is 0.886. The minimum Gasteiger partial charge on any atom is -0.377 e. The van der Waals surface area contributed by atoms with Gasteiger partial charge in [-0.3, -0.25) is 0 Å². The molecule has 2 aromatic rings. The Morgan fingerprint density at radius 1 is 1.05 bits per heavy atom. The van der Waals surface area contributed by atoms with Crippen LogP contribution in [0.5, 0.6) is 0 Å². The molecule has 3 N–H and O–H groups in total. The molecule has 1 unspecified atom stereocenters. The van der Waals surface area contributed by atoms with Crippen LogP contribution in [0.15, 0.2) is 42.5 Å². The molecule has 0 saturated heterocycles. The third-order valence-corrected chi connectivity index (χ3v) is 2.92. The minimum atomic E-state index is -0.598. The van der Waals surface area contributed by atoms with Crippen LogP contribution in [0.3, 0.4) is 0 Å². The molecule has 4 heteroatoms. The summed E-state index contributed by atoms with van der Waals surface area (Å²) in [5.74, 6) is -1.20. The van der Waals surface area contributed by atoms with Crippen molar-refractivity contribution < 1.29 is 8.78 Å². The van der Waals surface area contributed by atoms with Gasteiger partial charge in [-0.2, -0.15) is 0 Å². The van der Waals surface area contributed by atoms with Gasteiger partial charge in [0, 0.05) is 18.3 Å². The van der Waals surface area contributed by atoms with Gasteiger partial charge >= 0.3 is 0 Å². The highest BCUT2D eigenvalue weighted by Gasteiger charge is 2.12. The van der Waals surface area contributed by atoms with E-state index < -0.39 is 11.6 Å². The zero-order valence-corrected chi connectivity index (χ0v) is 10.7. The fourth-order valence-electron chi connectivity index (χ4n) is 1.91. The highest BCUT2D eigenvalue weighted by atomic mass is 19.1. The van der Waals surface area contributed by atoms with E-state index in [9.17, 15) is 8.78 Å². The third kappa shape index (κ3) is 3.51. The summed E-state index contributed by atoms with van der Waals surface area (Å²) in [6, 6.07) is 10.9. The maximum Gasteiger partial charge on any atom is 0.126 e. The van der Waals surface area contributed by atoms with Crippen molar-refractivity contribution >= 4 is 5.69 Å². The lowest BCUT2D eigenvalue weighted by molar-refractivity contribution is 0.576. The zero-order chi connectivity index (χ0) is 13.8. The number of rotatable bonds is 4. The number of anilines is 1. The summed E-state index contributed by atoms with van der Waals surface area (Å²) in [5, 5.41) is 3.17. The first-order valence-electron chi connectivity index (χ1n) is 6.08. The molecular weight excluding hydrogens is 246 g/mol. The molecule has 0 aliphatic carbocycles. The number of aryl methyl sites for hydroxylation is 1. The minimum absolute atomic E-state index is 0.247. The lowest BCUT2D eigenvalue weighted by Crippen LogP contribution is -2.20. The van der Waals surface area contributed by atoms with E-state index in [-0.39, 0.29) is 12.6 Å². The lowest BCUT2D eigenvalue weighted by Gasteiger charge is -2.19. The maximum atomic E-state index is 13.2. The smallest absolute Gasteiger partial charge is 0.126 e. The van der Waals surface area contributed by atoms with Gasteiger partial charge in [0.05, 0.1) is 6.04 Å². The van der Waals surface area contributed by atoms with Crippen LogP contribution >= 0.6 is 0 Å². The molecule has 2 nitrogen and oxygen atoms in total. The summed E-state index contributed by atoms with van der Waals surface area (Å²) >= 11 is 0. The molecule has 0 bridgehead atoms. The van der Waals surface area contributed by atoms with E-state index in [2.05, 4.69) is 5.32 Å². The molecule has 0 heterocycles. The number of halogens is 2. The molecule has 0 aliphatic heterocycles. The monoisotopic (exact) mass is 262 g/mol. The third-order valence-electron chi connectivity index (χ3n) is 2.92. The predicted octanol–water partition coefficient (Wildman–Crippen LogP) is 3.39. The molecule has 0 aromatic heterocycles. The predicted molar refractivity (Wildman–Crippen MR) is 73.0 cm³/mol. The van der Waals surface area contributed by atoms with Crippen LogP contribution < -0.4 is 11.1 Å². The van der Waals surface area contributed by atoms with Crippen molar-refractivity contribution in [2.75, 3.05) is 11.9 Å². The van der Waals surface area contributed by atoms with Crippen molar-refractivity contribution in [2.24, 2.45) is 5.73 Å². The fourth-order valence-corrected chi connectivity index (χ4v) is 1.91. The van der Waals surface area contributed by atoms with Crippen LogP contribution in [0.4, 0.5) is 14.5 Å². The highest BCUT2D eigenvalue weighted by Crippen LogP contribution is 2.21. The lowest BCUT2D eigenvalue weighted by atomic mass is 10.1. The van der Waals surface area contributed by atoms with Gasteiger partial charge in [-0.05, 0) is 36.8 Å². The van der Waals surface area contributed by atoms with Gasteiger partial charge in [0.25, 0.3) is 0 Å². The number of hydrogen-bond acceptors (Lipinski definition) is 2. The van der Waals surface area contributed by atoms with E-state index in [1.807, 2.05) is 31.2 Å². The topological polar surface area (TPSA) is 38.0 Å². The molecule has 100 valence electrons. The van der Waals surface area contributed by atoms with Crippen LogP contribution in [0.2, 0.25) is 0 Å². The number of nitrogens with two attached hydrogens (primary N) is 1. The second-order valence-corrected chi connectivity index (χ2v) is 4.50. The summed E-state index contributed by atoms with van der Waals surface area (Å²) in [5.41, 5.74) is 8.19. The van der Waals surface area contributed by atoms with Crippen LogP contribution in [-0.2, 0) is 0 Å². The molecule has 19 heavy (non-hydrogen) atoms. The molecule has 0 aliphatic rings. The van der Waals surface area contributed by atoms with Crippen molar-refractivity contribution in [1.29, 1.82) is 0 Å². The Bertz CT molecular complexity index is 532. The van der Waals surface area contributed by atoms with Crippen molar-refractivity contribution in [3.8, 4) is 0 Å². The Kier molecular flexibility index (Phi) is 4.12. The number of nitrogens with one attached hydrogen (secondary N) is 1. The van der Waals surface area contributed by atoms with E-state index in [1.54, 1.807) is 0 Å². The van der Waals surface area contributed by atoms with Gasteiger partial charge in [-0.1, -0.05) is 17.7 Å². The van der Waals surface area contributed by atoms with Crippen molar-refractivity contribution in [3.05, 3.63) is 65.2 Å². The largest absolute Gasteiger partial charge is 0.377 e. The Balaban J connectivity index is 2.22. The van der Waals surface area contributed by atoms with Gasteiger partial charge in [-0.15, -0.1) is 0 Å². The van der Waals surface area contributed by atoms with Gasteiger partial charge in [0.1, 0.15) is 11.6 Å². The summed E-state index contributed by atoms with van der Waals surface area (Å²) in [6.07, 6.45) is 0. The maximum absolute atomic E-state index is 13.2. The first-order valence-corrected chi connectivity index (χ1v) is 6.08. The van der Waals surface area contributed by atoms with E-state index >= 15 is 0 Å². The van der Waals surface area contributed by atoms with Gasteiger partial charge < -0.3 is 11.1 Å². The molecule has 0 radical (unpaired) electrons. The molecule has 0 saturated carbocycles. The second kappa shape index (κ2) is 5.80. The molecular formula is C15H16F2N2. The normalized spacial score (nSPS) is 12.2. The highest BCUT2D eigenvalue weighted by molar-refractivity contribution is 5.47. The number of benzene rings is 2. The van der Waals surface area contributed by atoms with Gasteiger partial charge in [-0.25, -0.2) is 8.78 Å². The van der Waals surface area contributed by atoms with E-state index in [0.29, 0.717) is 5.56 Å². The van der Waals surface area contributed by atoms with Gasteiger partial charge in [0.2, 0.25) is 0 Å². The average molecular weight is 262 g/mol. The van der Waals surface area contributed by atoms with Crippen LogP contribution in [-0.4, -0.2) is 6.54 Å². The Hall–Kier alpha value is -1.94. The summed E-state index contributed by atoms with van der Waals surface area (Å²) in [4.78, 5) is 0. The van der Waals surface area contributed by atoms with Crippen molar-refractivity contribution in [1.82, 2.24) is 0 Å². The van der Waals surface area contributed by atoms with E-state index in [0.717, 1.165) is 17.3 Å². The van der Waals surface area contributed by atoms with Crippen LogP contribution in [0, 0.1) is 18.6 Å². The zero-order valence-electron chi connectivity index (χ0n) is 10.7. The molecule has 1 atom stereocenters. The first-order chi connectivity index (χ1) is 9.08. The van der Waals surface area contributed by atoms with Crippen molar-refractivity contribution in [2.45, 2.75) is 13.0 Å². The van der Waals surface area contributed by atoms with Gasteiger partial charge in [0.15, 0.2) is 0 Å². The fraction of sp³-hybridized carbons (Fsp3) is 0.200. The summed E-state index contributed by atoms with van der Waals surface area (Å²) in [7, 11) is 0. The Morgan fingerprint density at radius 3 is 2.16 bits per heavy atom. The van der Waals surface area contributed by atoms with Crippen LogP contribution in [0.1, 0.15) is 17.2 Å². The Labute approximate surface area is 111 Å². The average Bonchev–Trinajstić information content (AvgIpc) is 2.37. The number of hydrogen-bond donors (Lipinski definition) is 2. The summed E-state index contributed by atoms with van der Waals surface area (Å²) < 4.78 is 26.4. The summed E-state index contributed by atoms with van der Waals surface area (Å²) in [6.45, 7) is 2.24. The SMILES string of the molecule is Cc1ccc(NC(CN)c2cc(F)cc(F)c2)cc1. The standard InChI is InChI=1S/C15H16F2N2/c1-10-2-4-14(5-3-10)19-15(9-18)11-6-12(16)8-13(17)7-11/h2-8,15,19H,9,18H2,1H3. The first kappa shape index (κ1) is 13.5. The molecule has 2 rings (SSSR count). The molecule has 2 aromatic carbocycles. The second-order valence-electron chi connectivity index (χ2n) is 4.50. The van der Waals surface area contributed by atoms with E-state index in [1.165, 1.54) is 12.1 Å². The molecule has 0 amide bonds. The Morgan fingerprint density at radius 2 is 1.63 bits per heavy atom. The van der Waals surface area contributed by atoms with E-state index in [4.69, 9.17) is 5.73 Å². The molecule has 0 spiro atoms. The van der Waals surface area contributed by atoms with Crippen molar-refractivity contribution in [3.63, 3.8) is 0 Å². The van der Waals surface area contributed by atoms with Crippen LogP contribution in [0.25, 0.3) is 0 Å².